The van der Waals surface area contributed by atoms with E-state index in [0.717, 1.165) is 19.6 Å². The molecule has 1 aliphatic rings. The van der Waals surface area contributed by atoms with Crippen LogP contribution in [0.15, 0.2) is 0 Å². The first-order valence-electron chi connectivity index (χ1n) is 1.99. The van der Waals surface area contributed by atoms with Crippen LogP contribution in [0.3, 0.4) is 0 Å². The van der Waals surface area contributed by atoms with Gasteiger partial charge in [-0.05, 0) is 6.42 Å². The molecule has 0 aromatic rings. The Bertz CT molecular complexity index is 24.3. The molecule has 0 saturated carbocycles. The van der Waals surface area contributed by atoms with Crippen molar-refractivity contribution in [2.24, 2.45) is 0 Å². The first kappa shape index (κ1) is 4.05. The summed E-state index contributed by atoms with van der Waals surface area (Å²) in [5, 5.41) is 0. The summed E-state index contributed by atoms with van der Waals surface area (Å²) in [6.45, 7) is 1.53. The number of rotatable bonds is 0. The quantitative estimate of drug-likeness (QED) is 0.447. The molecule has 0 unspecified atom stereocenters. The van der Waals surface area contributed by atoms with Crippen LogP contribution in [0.5, 0.6) is 0 Å². The van der Waals surface area contributed by atoms with E-state index in [9.17, 15) is 0 Å². The highest BCUT2D eigenvalue weighted by Crippen LogP contribution is 1.85. The molecule has 1 saturated heterocycles. The van der Waals surface area contributed by atoms with Gasteiger partial charge in [0.2, 0.25) is 0 Å². The van der Waals surface area contributed by atoms with Crippen LogP contribution < -0.4 is 5.64 Å². The van der Waals surface area contributed by atoms with E-state index < -0.39 is 0 Å². The fourth-order valence-corrected chi connectivity index (χ4v) is 0.328. The molecule has 1 heterocycles. The Morgan fingerprint density at radius 3 is 2.00 bits per heavy atom. The topological polar surface area (TPSA) is 30.5 Å². The van der Waals surface area contributed by atoms with Crippen molar-refractivity contribution in [1.82, 2.24) is 5.64 Å². The Kier molecular flexibility index (Phi) is 1.43. The van der Waals surface area contributed by atoms with E-state index in [0.29, 0.717) is 0 Å². The van der Waals surface area contributed by atoms with Crippen LogP contribution in [0.25, 0.3) is 0 Å². The third-order valence-electron chi connectivity index (χ3n) is 0.611. The third-order valence-corrected chi connectivity index (χ3v) is 0.611. The summed E-state index contributed by atoms with van der Waals surface area (Å²) >= 11 is 0. The Morgan fingerprint density at radius 2 is 1.83 bits per heavy atom. The Labute approximate surface area is 36.1 Å². The Balaban J connectivity index is 2.00. The second-order valence-corrected chi connectivity index (χ2v) is 1.13. The largest absolute Gasteiger partial charge is 0.277 e. The van der Waals surface area contributed by atoms with Crippen molar-refractivity contribution in [3.8, 4) is 0 Å². The van der Waals surface area contributed by atoms with Gasteiger partial charge in [-0.2, -0.15) is 0 Å². The minimum atomic E-state index is 0.764. The molecule has 0 radical (unpaired) electrons. The monoisotopic (exact) mass is 89.0 g/mol. The molecule has 3 heteroatoms. The van der Waals surface area contributed by atoms with Gasteiger partial charge in [0, 0.05) is 0 Å². The van der Waals surface area contributed by atoms with Gasteiger partial charge in [0.05, 0.1) is 13.2 Å². The highest BCUT2D eigenvalue weighted by molar-refractivity contribution is 4.31. The second-order valence-electron chi connectivity index (χ2n) is 1.13. The van der Waals surface area contributed by atoms with Gasteiger partial charge in [-0.1, -0.05) is 5.64 Å². The smallest absolute Gasteiger partial charge is 0.0731 e. The molecule has 1 N–H and O–H groups in total. The number of hydrogen-bond acceptors (Lipinski definition) is 3. The lowest BCUT2D eigenvalue weighted by atomic mass is 10.5. The highest BCUT2D eigenvalue weighted by Gasteiger charge is 1.93. The number of hydrogen-bond donors (Lipinski definition) is 1. The van der Waals surface area contributed by atoms with E-state index in [1.807, 2.05) is 0 Å². The summed E-state index contributed by atoms with van der Waals surface area (Å²) in [5.41, 5.74) is 2.28. The zero-order valence-corrected chi connectivity index (χ0v) is 3.44. The van der Waals surface area contributed by atoms with Crippen molar-refractivity contribution in [2.75, 3.05) is 13.2 Å². The molecule has 1 aliphatic heterocycles. The van der Waals surface area contributed by atoms with Crippen molar-refractivity contribution in [2.45, 2.75) is 6.42 Å². The van der Waals surface area contributed by atoms with E-state index in [-0.39, 0.29) is 0 Å². The van der Waals surface area contributed by atoms with Gasteiger partial charge in [0.25, 0.3) is 0 Å². The van der Waals surface area contributed by atoms with E-state index in [1.54, 1.807) is 0 Å². The van der Waals surface area contributed by atoms with Crippen molar-refractivity contribution in [1.29, 1.82) is 0 Å². The summed E-state index contributed by atoms with van der Waals surface area (Å²) in [6.07, 6.45) is 0.993. The van der Waals surface area contributed by atoms with E-state index in [1.165, 1.54) is 0 Å². The van der Waals surface area contributed by atoms with Crippen molar-refractivity contribution in [3.05, 3.63) is 0 Å². The Hall–Kier alpha value is -0.120. The molecule has 0 aromatic heterocycles. The van der Waals surface area contributed by atoms with Crippen LogP contribution in [0.4, 0.5) is 0 Å². The van der Waals surface area contributed by atoms with E-state index in [4.69, 9.17) is 0 Å². The molecule has 6 heavy (non-hydrogen) atoms. The summed E-state index contributed by atoms with van der Waals surface area (Å²) in [4.78, 5) is 9.19. The third kappa shape index (κ3) is 0.931. The van der Waals surface area contributed by atoms with E-state index >= 15 is 0 Å². The maximum atomic E-state index is 4.60. The van der Waals surface area contributed by atoms with Gasteiger partial charge in [-0.15, -0.1) is 0 Å². The lowest BCUT2D eigenvalue weighted by molar-refractivity contribution is -0.205. The van der Waals surface area contributed by atoms with Crippen LogP contribution in [0.2, 0.25) is 0 Å². The SMILES string of the molecule is C1CONOC1. The van der Waals surface area contributed by atoms with Gasteiger partial charge in [-0.25, -0.2) is 0 Å². The highest BCUT2D eigenvalue weighted by atomic mass is 16.9. The van der Waals surface area contributed by atoms with Crippen LogP contribution in [0.1, 0.15) is 6.42 Å². The average molecular weight is 89.1 g/mol. The van der Waals surface area contributed by atoms with Gasteiger partial charge < -0.3 is 0 Å². The summed E-state index contributed by atoms with van der Waals surface area (Å²) < 4.78 is 0. The molecule has 1 rings (SSSR count). The van der Waals surface area contributed by atoms with Gasteiger partial charge in [-0.3, -0.25) is 9.68 Å². The van der Waals surface area contributed by atoms with Gasteiger partial charge in [0.15, 0.2) is 0 Å². The van der Waals surface area contributed by atoms with Gasteiger partial charge in [0.1, 0.15) is 0 Å². The van der Waals surface area contributed by atoms with Crippen LogP contribution >= 0.6 is 0 Å². The second kappa shape index (κ2) is 2.12. The molecule has 0 spiro atoms. The molecule has 0 bridgehead atoms. The fraction of sp³-hybridized carbons (Fsp3) is 1.00. The maximum Gasteiger partial charge on any atom is 0.0731 e. The summed E-state index contributed by atoms with van der Waals surface area (Å²) in [6, 6.07) is 0. The average Bonchev–Trinajstić information content (AvgIpc) is 1.72. The minimum absolute atomic E-state index is 0.764. The lowest BCUT2D eigenvalue weighted by Gasteiger charge is -2.09. The molecular formula is C3H7NO2. The standard InChI is InChI=1S/C3H7NO2/c1-2-5-4-6-3-1/h4H,1-3H2. The Morgan fingerprint density at radius 1 is 1.17 bits per heavy atom. The minimum Gasteiger partial charge on any atom is -0.277 e. The summed E-state index contributed by atoms with van der Waals surface area (Å²) in [7, 11) is 0. The predicted molar refractivity (Wildman–Crippen MR) is 19.7 cm³/mol. The molecular weight excluding hydrogens is 82.0 g/mol. The maximum absolute atomic E-state index is 4.60. The van der Waals surface area contributed by atoms with Crippen molar-refractivity contribution in [3.63, 3.8) is 0 Å². The first-order chi connectivity index (χ1) is 3.00. The molecule has 0 amide bonds. The van der Waals surface area contributed by atoms with Crippen LogP contribution in [-0.2, 0) is 9.68 Å². The first-order valence-corrected chi connectivity index (χ1v) is 1.99. The zero-order chi connectivity index (χ0) is 4.24. The zero-order valence-electron chi connectivity index (χ0n) is 3.44. The molecule has 0 aromatic carbocycles. The van der Waals surface area contributed by atoms with E-state index in [2.05, 4.69) is 15.3 Å². The normalized spacial score (nSPS) is 24.0. The molecule has 0 aliphatic carbocycles. The summed E-state index contributed by atoms with van der Waals surface area (Å²) in [5.74, 6) is 0. The van der Waals surface area contributed by atoms with Gasteiger partial charge >= 0.3 is 0 Å². The lowest BCUT2D eigenvalue weighted by Crippen LogP contribution is -2.23. The van der Waals surface area contributed by atoms with Crippen molar-refractivity contribution < 1.29 is 9.68 Å². The molecule has 3 nitrogen and oxygen atoms in total. The molecule has 0 atom stereocenters. The van der Waals surface area contributed by atoms with Crippen molar-refractivity contribution >= 4 is 0 Å². The number of nitrogens with one attached hydrogen (secondary N) is 1. The molecule has 1 fully saturated rings. The van der Waals surface area contributed by atoms with Crippen LogP contribution in [0, 0.1) is 0 Å². The fourth-order valence-electron chi connectivity index (χ4n) is 0.328. The van der Waals surface area contributed by atoms with Crippen LogP contribution in [-0.4, -0.2) is 13.2 Å². The molecule has 36 valence electrons. The predicted octanol–water partition coefficient (Wildman–Crippen LogP) is -0.157.